The van der Waals surface area contributed by atoms with Crippen LogP contribution >= 0.6 is 0 Å². The minimum Gasteiger partial charge on any atom is -0.465 e. The predicted octanol–water partition coefficient (Wildman–Crippen LogP) is 2.41. The van der Waals surface area contributed by atoms with E-state index in [0.717, 1.165) is 0 Å². The van der Waals surface area contributed by atoms with E-state index in [1.54, 1.807) is 48.5 Å². The molecule has 1 amide bonds. The number of nitrogens with one attached hydrogen (secondary N) is 1. The van der Waals surface area contributed by atoms with Crippen LogP contribution in [0, 0.1) is 0 Å². The van der Waals surface area contributed by atoms with E-state index in [9.17, 15) is 14.4 Å². The van der Waals surface area contributed by atoms with Gasteiger partial charge in [0.05, 0.1) is 29.7 Å². The van der Waals surface area contributed by atoms with E-state index in [1.165, 1.54) is 7.11 Å². The van der Waals surface area contributed by atoms with E-state index in [1.807, 2.05) is 0 Å². The third kappa shape index (κ3) is 2.30. The second-order valence-corrected chi connectivity index (χ2v) is 5.69. The molecule has 1 atom stereocenters. The molecule has 0 saturated carbocycles. The lowest BCUT2D eigenvalue weighted by atomic mass is 9.98. The number of carbonyl (C=O) groups excluding carboxylic acids is 2. The van der Waals surface area contributed by atoms with Crippen LogP contribution in [0.4, 0.5) is 0 Å². The zero-order chi connectivity index (χ0) is 17.6. The molecule has 0 fully saturated rings. The summed E-state index contributed by atoms with van der Waals surface area (Å²) in [7, 11) is 1.31. The van der Waals surface area contributed by atoms with Crippen LogP contribution in [0.1, 0.15) is 38.1 Å². The Bertz CT molecular complexity index is 1070. The van der Waals surface area contributed by atoms with Crippen LogP contribution in [0.15, 0.2) is 57.7 Å². The smallest absolute Gasteiger partial charge is 0.337 e. The molecule has 25 heavy (non-hydrogen) atoms. The summed E-state index contributed by atoms with van der Waals surface area (Å²) in [4.78, 5) is 36.6. The van der Waals surface area contributed by atoms with Crippen molar-refractivity contribution < 1.29 is 18.7 Å². The fourth-order valence-corrected chi connectivity index (χ4v) is 3.04. The number of rotatable bonds is 2. The number of ether oxygens (including phenoxy) is 1. The summed E-state index contributed by atoms with van der Waals surface area (Å²) in [6.07, 6.45) is 0. The molecule has 0 aliphatic carbocycles. The first-order chi connectivity index (χ1) is 12.1. The highest BCUT2D eigenvalue weighted by molar-refractivity contribution is 5.99. The second-order valence-electron chi connectivity index (χ2n) is 5.69. The lowest BCUT2D eigenvalue weighted by molar-refractivity contribution is 0.0600. The van der Waals surface area contributed by atoms with Gasteiger partial charge in [0.1, 0.15) is 5.58 Å². The van der Waals surface area contributed by atoms with Gasteiger partial charge in [0.15, 0.2) is 5.43 Å². The quantitative estimate of drug-likeness (QED) is 0.727. The Kier molecular flexibility index (Phi) is 3.39. The molecule has 0 radical (unpaired) electrons. The minimum atomic E-state index is -0.616. The normalized spacial score (nSPS) is 15.7. The topological polar surface area (TPSA) is 85.6 Å². The van der Waals surface area contributed by atoms with E-state index in [0.29, 0.717) is 22.1 Å². The standard InChI is InChI=1S/C19H13NO5/c1-24-19(23)11-8-6-10(7-9-11)15-14-16(21)12-4-2-3-5-13(12)25-17(14)18(22)20-15/h2-9,15H,1H3,(H,20,22). The number of fused-ring (bicyclic) bond motifs is 2. The molecule has 124 valence electrons. The predicted molar refractivity (Wildman–Crippen MR) is 89.6 cm³/mol. The van der Waals surface area contributed by atoms with Gasteiger partial charge < -0.3 is 14.5 Å². The molecule has 1 unspecified atom stereocenters. The average molecular weight is 335 g/mol. The Morgan fingerprint density at radius 1 is 1.08 bits per heavy atom. The highest BCUT2D eigenvalue weighted by Crippen LogP contribution is 2.30. The van der Waals surface area contributed by atoms with Crippen molar-refractivity contribution in [1.29, 1.82) is 0 Å². The Labute approximate surface area is 142 Å². The molecule has 1 aromatic heterocycles. The molecule has 1 N–H and O–H groups in total. The zero-order valence-corrected chi connectivity index (χ0v) is 13.2. The second kappa shape index (κ2) is 5.59. The highest BCUT2D eigenvalue weighted by atomic mass is 16.5. The van der Waals surface area contributed by atoms with Gasteiger partial charge in [0.2, 0.25) is 5.76 Å². The molecule has 2 aromatic carbocycles. The number of hydrogen-bond donors (Lipinski definition) is 1. The van der Waals surface area contributed by atoms with E-state index in [4.69, 9.17) is 4.42 Å². The van der Waals surface area contributed by atoms with E-state index < -0.39 is 17.9 Å². The van der Waals surface area contributed by atoms with Gasteiger partial charge in [0, 0.05) is 0 Å². The van der Waals surface area contributed by atoms with Crippen LogP contribution < -0.4 is 10.7 Å². The Morgan fingerprint density at radius 3 is 2.52 bits per heavy atom. The summed E-state index contributed by atoms with van der Waals surface area (Å²) in [6, 6.07) is 12.7. The molecular formula is C19H13NO5. The van der Waals surface area contributed by atoms with Gasteiger partial charge in [-0.25, -0.2) is 4.79 Å². The number of para-hydroxylation sites is 1. The number of esters is 1. The van der Waals surface area contributed by atoms with Crippen LogP contribution in [0.5, 0.6) is 0 Å². The largest absolute Gasteiger partial charge is 0.465 e. The molecule has 1 aliphatic rings. The minimum absolute atomic E-state index is 0.0331. The van der Waals surface area contributed by atoms with Gasteiger partial charge in [-0.15, -0.1) is 0 Å². The first-order valence-corrected chi connectivity index (χ1v) is 7.65. The third-order valence-corrected chi connectivity index (χ3v) is 4.27. The van der Waals surface area contributed by atoms with Gasteiger partial charge in [0.25, 0.3) is 5.91 Å². The third-order valence-electron chi connectivity index (χ3n) is 4.27. The molecule has 6 nitrogen and oxygen atoms in total. The molecule has 1 aliphatic heterocycles. The summed E-state index contributed by atoms with van der Waals surface area (Å²) < 4.78 is 10.3. The molecular weight excluding hydrogens is 322 g/mol. The molecule has 0 saturated heterocycles. The van der Waals surface area contributed by atoms with Crippen LogP contribution in [0.25, 0.3) is 11.0 Å². The summed E-state index contributed by atoms with van der Waals surface area (Å²) in [6.45, 7) is 0. The van der Waals surface area contributed by atoms with Crippen molar-refractivity contribution in [2.45, 2.75) is 6.04 Å². The van der Waals surface area contributed by atoms with Crippen molar-refractivity contribution in [3.05, 3.63) is 81.2 Å². The van der Waals surface area contributed by atoms with Crippen molar-refractivity contribution in [3.8, 4) is 0 Å². The maximum Gasteiger partial charge on any atom is 0.337 e. The zero-order valence-electron chi connectivity index (χ0n) is 13.2. The summed E-state index contributed by atoms with van der Waals surface area (Å²) in [5, 5.41) is 3.19. The number of methoxy groups -OCH3 is 1. The number of benzene rings is 2. The van der Waals surface area contributed by atoms with Crippen LogP contribution in [0.3, 0.4) is 0 Å². The van der Waals surface area contributed by atoms with Gasteiger partial charge in [-0.2, -0.15) is 0 Å². The Morgan fingerprint density at radius 2 is 1.80 bits per heavy atom. The lowest BCUT2D eigenvalue weighted by Gasteiger charge is -2.12. The number of hydrogen-bond acceptors (Lipinski definition) is 5. The SMILES string of the molecule is COC(=O)c1ccc(C2NC(=O)c3oc4ccccc4c(=O)c32)cc1. The van der Waals surface area contributed by atoms with Crippen molar-refractivity contribution in [1.82, 2.24) is 5.32 Å². The highest BCUT2D eigenvalue weighted by Gasteiger charge is 2.35. The van der Waals surface area contributed by atoms with Gasteiger partial charge >= 0.3 is 5.97 Å². The molecule has 6 heteroatoms. The first kappa shape index (κ1) is 15.1. The Hall–Kier alpha value is -3.41. The summed E-state index contributed by atoms with van der Waals surface area (Å²) in [5.41, 5.74) is 1.50. The summed E-state index contributed by atoms with van der Waals surface area (Å²) in [5.74, 6) is -0.849. The van der Waals surface area contributed by atoms with Gasteiger partial charge in [-0.1, -0.05) is 24.3 Å². The maximum atomic E-state index is 12.8. The van der Waals surface area contributed by atoms with Crippen LogP contribution in [0.2, 0.25) is 0 Å². The Balaban J connectivity index is 1.85. The molecule has 4 rings (SSSR count). The lowest BCUT2D eigenvalue weighted by Crippen LogP contribution is -2.22. The van der Waals surface area contributed by atoms with E-state index >= 15 is 0 Å². The molecule has 3 aromatic rings. The van der Waals surface area contributed by atoms with Crippen molar-refractivity contribution >= 4 is 22.8 Å². The van der Waals surface area contributed by atoms with E-state index in [2.05, 4.69) is 10.1 Å². The number of carbonyl (C=O) groups is 2. The molecule has 2 heterocycles. The van der Waals surface area contributed by atoms with E-state index in [-0.39, 0.29) is 16.8 Å². The van der Waals surface area contributed by atoms with Gasteiger partial charge in [-0.3, -0.25) is 9.59 Å². The van der Waals surface area contributed by atoms with Crippen molar-refractivity contribution in [3.63, 3.8) is 0 Å². The molecule has 0 bridgehead atoms. The van der Waals surface area contributed by atoms with Crippen molar-refractivity contribution in [2.24, 2.45) is 0 Å². The van der Waals surface area contributed by atoms with Crippen LogP contribution in [-0.2, 0) is 4.74 Å². The maximum absolute atomic E-state index is 12.8. The first-order valence-electron chi connectivity index (χ1n) is 7.65. The van der Waals surface area contributed by atoms with Gasteiger partial charge in [-0.05, 0) is 29.8 Å². The summed E-state index contributed by atoms with van der Waals surface area (Å²) >= 11 is 0. The average Bonchev–Trinajstić information content (AvgIpc) is 2.98. The fourth-order valence-electron chi connectivity index (χ4n) is 3.04. The van der Waals surface area contributed by atoms with Crippen LogP contribution in [-0.4, -0.2) is 19.0 Å². The van der Waals surface area contributed by atoms with Crippen molar-refractivity contribution in [2.75, 3.05) is 7.11 Å². The fraction of sp³-hybridized carbons (Fsp3) is 0.105. The molecule has 0 spiro atoms. The number of amides is 1. The monoisotopic (exact) mass is 335 g/mol.